The van der Waals surface area contributed by atoms with Crippen molar-refractivity contribution in [1.29, 1.82) is 0 Å². The van der Waals surface area contributed by atoms with E-state index in [1.807, 2.05) is 6.92 Å². The second-order valence-corrected chi connectivity index (χ2v) is 6.01. The molecule has 0 saturated carbocycles. The maximum Gasteiger partial charge on any atom is 0.320 e. The lowest BCUT2D eigenvalue weighted by Gasteiger charge is -2.14. The van der Waals surface area contributed by atoms with E-state index >= 15 is 0 Å². The van der Waals surface area contributed by atoms with E-state index in [2.05, 4.69) is 36.2 Å². The first-order valence-corrected chi connectivity index (χ1v) is 9.12. The van der Waals surface area contributed by atoms with Crippen molar-refractivity contribution in [1.82, 2.24) is 20.3 Å². The molecule has 3 amide bonds. The van der Waals surface area contributed by atoms with Crippen LogP contribution in [0.1, 0.15) is 17.3 Å². The number of nitrogens with one attached hydrogen (secondary N) is 4. The number of urea groups is 1. The van der Waals surface area contributed by atoms with Crippen LogP contribution in [0.15, 0.2) is 55.1 Å². The predicted molar refractivity (Wildman–Crippen MR) is 113 cm³/mol. The molecule has 0 radical (unpaired) electrons. The summed E-state index contributed by atoms with van der Waals surface area (Å²) in [6, 6.07) is 8.06. The van der Waals surface area contributed by atoms with Gasteiger partial charge in [-0.25, -0.2) is 14.8 Å². The van der Waals surface area contributed by atoms with Crippen LogP contribution in [-0.2, 0) is 0 Å². The molecule has 0 aliphatic heterocycles. The monoisotopic (exact) mass is 407 g/mol. The van der Waals surface area contributed by atoms with Gasteiger partial charge in [0.1, 0.15) is 5.82 Å². The number of methoxy groups -OCH3 is 1. The zero-order chi connectivity index (χ0) is 21.3. The lowest BCUT2D eigenvalue weighted by molar-refractivity contribution is 0.102. The minimum atomic E-state index is -0.394. The number of pyridine rings is 3. The van der Waals surface area contributed by atoms with Crippen LogP contribution in [0.3, 0.4) is 0 Å². The third-order valence-corrected chi connectivity index (χ3v) is 3.87. The van der Waals surface area contributed by atoms with E-state index in [0.29, 0.717) is 29.5 Å². The summed E-state index contributed by atoms with van der Waals surface area (Å²) in [7, 11) is 1.53. The molecule has 4 N–H and O–H groups in total. The molecule has 3 heterocycles. The maximum atomic E-state index is 12.8. The normalized spacial score (nSPS) is 10.1. The first-order chi connectivity index (χ1) is 14.6. The fraction of sp³-hybridized carbons (Fsp3) is 0.150. The second kappa shape index (κ2) is 9.82. The summed E-state index contributed by atoms with van der Waals surface area (Å²) in [5.74, 6) is 0.357. The van der Waals surface area contributed by atoms with Crippen LogP contribution in [0.25, 0.3) is 0 Å². The first-order valence-electron chi connectivity index (χ1n) is 9.12. The SMILES string of the molecule is CCNC(=O)Nc1cc(Nc2ccc(OC)nc2)c(C(=O)Nc2cccnc2)cn1. The molecule has 10 nitrogen and oxygen atoms in total. The Hall–Kier alpha value is -4.21. The average Bonchev–Trinajstić information content (AvgIpc) is 2.75. The van der Waals surface area contributed by atoms with Crippen LogP contribution >= 0.6 is 0 Å². The van der Waals surface area contributed by atoms with Gasteiger partial charge in [0, 0.05) is 31.1 Å². The number of nitrogens with zero attached hydrogens (tertiary/aromatic N) is 3. The molecule has 3 aromatic rings. The van der Waals surface area contributed by atoms with Crippen molar-refractivity contribution in [3.63, 3.8) is 0 Å². The number of hydrogen-bond acceptors (Lipinski definition) is 7. The van der Waals surface area contributed by atoms with Gasteiger partial charge in [-0.2, -0.15) is 0 Å². The Labute approximate surface area is 173 Å². The van der Waals surface area contributed by atoms with Crippen molar-refractivity contribution < 1.29 is 14.3 Å². The number of amides is 3. The zero-order valence-electron chi connectivity index (χ0n) is 16.5. The number of hydrogen-bond donors (Lipinski definition) is 4. The Bertz CT molecular complexity index is 1010. The van der Waals surface area contributed by atoms with E-state index in [1.165, 1.54) is 19.5 Å². The molecule has 0 spiro atoms. The highest BCUT2D eigenvalue weighted by Gasteiger charge is 2.15. The van der Waals surface area contributed by atoms with Crippen molar-refractivity contribution in [2.75, 3.05) is 29.6 Å². The smallest absolute Gasteiger partial charge is 0.320 e. The summed E-state index contributed by atoms with van der Waals surface area (Å²) in [6.07, 6.45) is 6.10. The largest absolute Gasteiger partial charge is 0.481 e. The molecule has 154 valence electrons. The molecule has 0 aliphatic carbocycles. The van der Waals surface area contributed by atoms with Crippen molar-refractivity contribution in [2.45, 2.75) is 6.92 Å². The van der Waals surface area contributed by atoms with Crippen molar-refractivity contribution in [3.8, 4) is 5.88 Å². The Morgan fingerprint density at radius 3 is 2.57 bits per heavy atom. The van der Waals surface area contributed by atoms with Crippen LogP contribution in [-0.4, -0.2) is 40.5 Å². The summed E-state index contributed by atoms with van der Waals surface area (Å²) in [4.78, 5) is 36.9. The fourth-order valence-corrected chi connectivity index (χ4v) is 2.49. The Kier molecular flexibility index (Phi) is 6.72. The van der Waals surface area contributed by atoms with E-state index in [0.717, 1.165) is 0 Å². The van der Waals surface area contributed by atoms with Gasteiger partial charge >= 0.3 is 6.03 Å². The highest BCUT2D eigenvalue weighted by atomic mass is 16.5. The van der Waals surface area contributed by atoms with Crippen molar-refractivity contribution in [2.24, 2.45) is 0 Å². The molecule has 0 aliphatic rings. The first kappa shape index (κ1) is 20.5. The fourth-order valence-electron chi connectivity index (χ4n) is 2.49. The lowest BCUT2D eigenvalue weighted by atomic mass is 10.2. The lowest BCUT2D eigenvalue weighted by Crippen LogP contribution is -2.28. The average molecular weight is 407 g/mol. The standard InChI is InChI=1S/C20H21N7O3/c1-3-22-20(29)27-17-9-16(25-14-6-7-18(30-2)24-11-14)15(12-23-17)19(28)26-13-5-4-8-21-10-13/h4-12H,3H2,1-2H3,(H,26,28)(H3,22,23,25,27,29). The molecule has 10 heteroatoms. The third-order valence-electron chi connectivity index (χ3n) is 3.87. The van der Waals surface area contributed by atoms with Gasteiger partial charge in [-0.3, -0.25) is 15.1 Å². The topological polar surface area (TPSA) is 130 Å². The molecular weight excluding hydrogens is 386 g/mol. The van der Waals surface area contributed by atoms with Gasteiger partial charge in [-0.05, 0) is 25.1 Å². The Morgan fingerprint density at radius 1 is 1.03 bits per heavy atom. The number of rotatable bonds is 7. The van der Waals surface area contributed by atoms with E-state index in [-0.39, 0.29) is 17.3 Å². The minimum Gasteiger partial charge on any atom is -0.481 e. The van der Waals surface area contributed by atoms with Crippen LogP contribution in [0.2, 0.25) is 0 Å². The predicted octanol–water partition coefficient (Wildman–Crippen LogP) is 3.02. The quantitative estimate of drug-likeness (QED) is 0.473. The molecule has 0 unspecified atom stereocenters. The number of ether oxygens (including phenoxy) is 1. The van der Waals surface area contributed by atoms with Crippen LogP contribution in [0.5, 0.6) is 5.88 Å². The molecule has 0 aromatic carbocycles. The Morgan fingerprint density at radius 2 is 1.90 bits per heavy atom. The molecule has 0 fully saturated rings. The molecule has 3 aromatic heterocycles. The summed E-state index contributed by atoms with van der Waals surface area (Å²) < 4.78 is 5.06. The van der Waals surface area contributed by atoms with E-state index in [1.54, 1.807) is 42.7 Å². The van der Waals surface area contributed by atoms with Gasteiger partial charge < -0.3 is 20.7 Å². The number of anilines is 4. The van der Waals surface area contributed by atoms with E-state index < -0.39 is 6.03 Å². The highest BCUT2D eigenvalue weighted by Crippen LogP contribution is 2.24. The third kappa shape index (κ3) is 5.41. The van der Waals surface area contributed by atoms with Gasteiger partial charge in [0.25, 0.3) is 5.91 Å². The summed E-state index contributed by atoms with van der Waals surface area (Å²) in [6.45, 7) is 2.28. The summed E-state index contributed by atoms with van der Waals surface area (Å²) in [5, 5.41) is 11.1. The molecule has 3 rings (SSSR count). The van der Waals surface area contributed by atoms with Crippen molar-refractivity contribution >= 4 is 34.8 Å². The molecule has 30 heavy (non-hydrogen) atoms. The minimum absolute atomic E-state index is 0.274. The number of carbonyl (C=O) groups is 2. The van der Waals surface area contributed by atoms with Gasteiger partial charge in [0.15, 0.2) is 0 Å². The van der Waals surface area contributed by atoms with Crippen LogP contribution in [0, 0.1) is 0 Å². The van der Waals surface area contributed by atoms with E-state index in [9.17, 15) is 9.59 Å². The molecular formula is C20H21N7O3. The number of carbonyl (C=O) groups excluding carboxylic acids is 2. The summed E-state index contributed by atoms with van der Waals surface area (Å²) >= 11 is 0. The van der Waals surface area contributed by atoms with Gasteiger partial charge in [-0.1, -0.05) is 0 Å². The molecule has 0 saturated heterocycles. The van der Waals surface area contributed by atoms with Gasteiger partial charge in [0.2, 0.25) is 5.88 Å². The zero-order valence-corrected chi connectivity index (χ0v) is 16.5. The highest BCUT2D eigenvalue weighted by molar-refractivity contribution is 6.08. The maximum absolute atomic E-state index is 12.8. The molecule has 0 bridgehead atoms. The molecule has 0 atom stereocenters. The van der Waals surface area contributed by atoms with E-state index in [4.69, 9.17) is 4.74 Å². The van der Waals surface area contributed by atoms with Crippen molar-refractivity contribution in [3.05, 3.63) is 60.7 Å². The number of aromatic nitrogens is 3. The van der Waals surface area contributed by atoms with Gasteiger partial charge in [-0.15, -0.1) is 0 Å². The Balaban J connectivity index is 1.89. The van der Waals surface area contributed by atoms with Crippen LogP contribution < -0.4 is 26.0 Å². The summed E-state index contributed by atoms with van der Waals surface area (Å²) in [5.41, 5.74) is 1.88. The van der Waals surface area contributed by atoms with Gasteiger partial charge in [0.05, 0.1) is 42.1 Å². The van der Waals surface area contributed by atoms with Crippen LogP contribution in [0.4, 0.5) is 27.7 Å². The second-order valence-electron chi connectivity index (χ2n) is 6.01.